The molecule has 0 radical (unpaired) electrons. The lowest BCUT2D eigenvalue weighted by atomic mass is 10.0. The van der Waals surface area contributed by atoms with Crippen LogP contribution in [0.1, 0.15) is 32.2 Å². The Hall–Kier alpha value is -2.20. The third kappa shape index (κ3) is 2.81. The summed E-state index contributed by atoms with van der Waals surface area (Å²) in [5, 5.41) is 6.37. The van der Waals surface area contributed by atoms with E-state index in [1.54, 1.807) is 0 Å². The normalized spacial score (nSPS) is 13.0. The van der Waals surface area contributed by atoms with Crippen molar-refractivity contribution in [2.24, 2.45) is 11.7 Å². The highest BCUT2D eigenvalue weighted by atomic mass is 16.5. The van der Waals surface area contributed by atoms with Gasteiger partial charge in [-0.1, -0.05) is 61.5 Å². The summed E-state index contributed by atoms with van der Waals surface area (Å²) in [5.74, 6) is 1.60. The molecule has 1 heterocycles. The van der Waals surface area contributed by atoms with Gasteiger partial charge in [-0.2, -0.15) is 4.98 Å². The Balaban J connectivity index is 1.99. The highest BCUT2D eigenvalue weighted by Crippen LogP contribution is 2.27. The molecule has 0 amide bonds. The Bertz CT molecular complexity index is 743. The van der Waals surface area contributed by atoms with Crippen LogP contribution in [0.4, 0.5) is 0 Å². The van der Waals surface area contributed by atoms with E-state index in [0.29, 0.717) is 17.6 Å². The summed E-state index contributed by atoms with van der Waals surface area (Å²) in [4.78, 5) is 4.48. The zero-order valence-electron chi connectivity index (χ0n) is 12.3. The topological polar surface area (TPSA) is 64.9 Å². The van der Waals surface area contributed by atoms with E-state index in [4.69, 9.17) is 10.3 Å². The van der Waals surface area contributed by atoms with Crippen LogP contribution in [0.3, 0.4) is 0 Å². The molecule has 1 unspecified atom stereocenters. The summed E-state index contributed by atoms with van der Waals surface area (Å²) < 4.78 is 5.34. The van der Waals surface area contributed by atoms with E-state index in [1.807, 2.05) is 24.3 Å². The first-order valence-corrected chi connectivity index (χ1v) is 7.22. The fourth-order valence-corrected chi connectivity index (χ4v) is 2.52. The van der Waals surface area contributed by atoms with Crippen molar-refractivity contribution < 1.29 is 4.52 Å². The van der Waals surface area contributed by atoms with Crippen LogP contribution in [0, 0.1) is 5.92 Å². The first-order chi connectivity index (χ1) is 10.1. The first kappa shape index (κ1) is 13.8. The quantitative estimate of drug-likeness (QED) is 0.786. The zero-order valence-corrected chi connectivity index (χ0v) is 12.3. The molecule has 2 aromatic carbocycles. The maximum absolute atomic E-state index is 6.10. The minimum absolute atomic E-state index is 0.207. The van der Waals surface area contributed by atoms with Crippen LogP contribution in [-0.4, -0.2) is 10.1 Å². The van der Waals surface area contributed by atoms with Crippen molar-refractivity contribution >= 4 is 10.8 Å². The molecule has 0 spiro atoms. The molecule has 3 rings (SSSR count). The van der Waals surface area contributed by atoms with Crippen LogP contribution < -0.4 is 5.73 Å². The second-order valence-corrected chi connectivity index (χ2v) is 5.72. The van der Waals surface area contributed by atoms with Crippen LogP contribution in [-0.2, 0) is 0 Å². The average Bonchev–Trinajstić information content (AvgIpc) is 2.95. The number of nitrogens with zero attached hydrogens (tertiary/aromatic N) is 2. The fraction of sp³-hybridized carbons (Fsp3) is 0.294. The number of rotatable bonds is 4. The van der Waals surface area contributed by atoms with Crippen molar-refractivity contribution in [3.63, 3.8) is 0 Å². The smallest absolute Gasteiger partial charge is 0.243 e. The lowest BCUT2D eigenvalue weighted by molar-refractivity contribution is 0.335. The van der Waals surface area contributed by atoms with Crippen molar-refractivity contribution in [1.29, 1.82) is 0 Å². The monoisotopic (exact) mass is 281 g/mol. The Labute approximate surface area is 124 Å². The van der Waals surface area contributed by atoms with Crippen LogP contribution >= 0.6 is 0 Å². The van der Waals surface area contributed by atoms with Gasteiger partial charge in [0.15, 0.2) is 0 Å². The summed E-state index contributed by atoms with van der Waals surface area (Å²) in [6.45, 7) is 4.25. The van der Waals surface area contributed by atoms with Crippen LogP contribution in [0.2, 0.25) is 0 Å². The summed E-state index contributed by atoms with van der Waals surface area (Å²) in [6.07, 6.45) is 0.831. The summed E-state index contributed by atoms with van der Waals surface area (Å²) in [7, 11) is 0. The van der Waals surface area contributed by atoms with Crippen molar-refractivity contribution in [2.45, 2.75) is 26.3 Å². The van der Waals surface area contributed by atoms with Crippen molar-refractivity contribution in [1.82, 2.24) is 10.1 Å². The maximum Gasteiger partial charge on any atom is 0.243 e. The molecule has 0 saturated carbocycles. The molecule has 4 heteroatoms. The third-order valence-electron chi connectivity index (χ3n) is 3.51. The van der Waals surface area contributed by atoms with E-state index < -0.39 is 0 Å². The Morgan fingerprint density at radius 2 is 1.86 bits per heavy atom. The number of nitrogens with two attached hydrogens (primary N) is 1. The molecular formula is C17H19N3O. The lowest BCUT2D eigenvalue weighted by Gasteiger charge is -2.08. The lowest BCUT2D eigenvalue weighted by Crippen LogP contribution is -2.13. The van der Waals surface area contributed by atoms with Gasteiger partial charge in [0.1, 0.15) is 0 Å². The third-order valence-corrected chi connectivity index (χ3v) is 3.51. The molecule has 0 aliphatic heterocycles. The first-order valence-electron chi connectivity index (χ1n) is 7.22. The molecule has 108 valence electrons. The molecule has 21 heavy (non-hydrogen) atoms. The average molecular weight is 281 g/mol. The Morgan fingerprint density at radius 1 is 1.10 bits per heavy atom. The Morgan fingerprint density at radius 3 is 2.67 bits per heavy atom. The highest BCUT2D eigenvalue weighted by Gasteiger charge is 2.17. The van der Waals surface area contributed by atoms with Gasteiger partial charge in [0, 0.05) is 5.56 Å². The predicted molar refractivity (Wildman–Crippen MR) is 83.6 cm³/mol. The molecule has 1 atom stereocenters. The number of hydrogen-bond acceptors (Lipinski definition) is 4. The van der Waals surface area contributed by atoms with Gasteiger partial charge in [-0.05, 0) is 23.1 Å². The zero-order chi connectivity index (χ0) is 14.8. The van der Waals surface area contributed by atoms with Crippen LogP contribution in [0.25, 0.3) is 22.2 Å². The molecule has 4 nitrogen and oxygen atoms in total. The SMILES string of the molecule is CC(C)CC(N)c1nc(-c2cccc3ccccc23)no1. The molecule has 3 aromatic rings. The van der Waals surface area contributed by atoms with E-state index >= 15 is 0 Å². The second kappa shape index (κ2) is 5.66. The molecule has 0 aliphatic rings. The van der Waals surface area contributed by atoms with Gasteiger partial charge in [0.25, 0.3) is 0 Å². The summed E-state index contributed by atoms with van der Waals surface area (Å²) >= 11 is 0. The van der Waals surface area contributed by atoms with Gasteiger partial charge in [0.2, 0.25) is 11.7 Å². The largest absolute Gasteiger partial charge is 0.337 e. The maximum atomic E-state index is 6.10. The van der Waals surface area contributed by atoms with Gasteiger partial charge in [-0.15, -0.1) is 0 Å². The highest BCUT2D eigenvalue weighted by molar-refractivity contribution is 5.94. The molecule has 0 aliphatic carbocycles. The minimum atomic E-state index is -0.207. The minimum Gasteiger partial charge on any atom is -0.337 e. The molecular weight excluding hydrogens is 262 g/mol. The van der Waals surface area contributed by atoms with Gasteiger partial charge < -0.3 is 10.3 Å². The molecule has 0 bridgehead atoms. The number of aromatic nitrogens is 2. The number of fused-ring (bicyclic) bond motifs is 1. The number of hydrogen-bond donors (Lipinski definition) is 1. The molecule has 1 aromatic heterocycles. The van der Waals surface area contributed by atoms with Gasteiger partial charge in [-0.25, -0.2) is 0 Å². The molecule has 2 N–H and O–H groups in total. The van der Waals surface area contributed by atoms with Crippen LogP contribution in [0.5, 0.6) is 0 Å². The van der Waals surface area contributed by atoms with Crippen molar-refractivity contribution in [2.75, 3.05) is 0 Å². The molecule has 0 saturated heterocycles. The van der Waals surface area contributed by atoms with Gasteiger partial charge >= 0.3 is 0 Å². The number of benzene rings is 2. The van der Waals surface area contributed by atoms with Crippen LogP contribution in [0.15, 0.2) is 47.0 Å². The molecule has 0 fully saturated rings. The predicted octanol–water partition coefficient (Wildman–Crippen LogP) is 3.94. The Kier molecular flexibility index (Phi) is 3.71. The van der Waals surface area contributed by atoms with E-state index in [0.717, 1.165) is 22.8 Å². The van der Waals surface area contributed by atoms with Crippen molar-refractivity contribution in [3.05, 3.63) is 48.4 Å². The van der Waals surface area contributed by atoms with E-state index in [2.05, 4.69) is 42.2 Å². The fourth-order valence-electron chi connectivity index (χ4n) is 2.52. The van der Waals surface area contributed by atoms with Gasteiger partial charge in [0.05, 0.1) is 6.04 Å². The summed E-state index contributed by atoms with van der Waals surface area (Å²) in [5.41, 5.74) is 7.08. The second-order valence-electron chi connectivity index (χ2n) is 5.72. The summed E-state index contributed by atoms with van der Waals surface area (Å²) in [6, 6.07) is 14.0. The van der Waals surface area contributed by atoms with Gasteiger partial charge in [-0.3, -0.25) is 0 Å². The van der Waals surface area contributed by atoms with E-state index in [-0.39, 0.29) is 6.04 Å². The van der Waals surface area contributed by atoms with E-state index in [9.17, 15) is 0 Å². The standard InChI is InChI=1S/C17H19N3O/c1-11(2)10-15(18)17-19-16(20-21-17)14-9-5-7-12-6-3-4-8-13(12)14/h3-9,11,15H,10,18H2,1-2H3. The van der Waals surface area contributed by atoms with E-state index in [1.165, 1.54) is 0 Å². The van der Waals surface area contributed by atoms with Crippen molar-refractivity contribution in [3.8, 4) is 11.4 Å².